The van der Waals surface area contributed by atoms with E-state index in [4.69, 9.17) is 16.3 Å². The molecule has 0 radical (unpaired) electrons. The summed E-state index contributed by atoms with van der Waals surface area (Å²) in [6, 6.07) is 24.9. The summed E-state index contributed by atoms with van der Waals surface area (Å²) in [6.07, 6.45) is 1.73. The molecule has 4 aromatic carbocycles. The van der Waals surface area contributed by atoms with Crippen LogP contribution in [0.25, 0.3) is 16.3 Å². The number of methoxy groups -OCH3 is 1. The Labute approximate surface area is 278 Å². The molecule has 5 aromatic rings. The van der Waals surface area contributed by atoms with Crippen LogP contribution in [0.15, 0.2) is 102 Å². The van der Waals surface area contributed by atoms with Gasteiger partial charge in [-0.15, -0.1) is 11.8 Å². The Bertz CT molecular complexity index is 1910. The third kappa shape index (κ3) is 8.11. The Balaban J connectivity index is 1.31. The minimum Gasteiger partial charge on any atom is -0.497 e. The number of rotatable bonds is 11. The Morgan fingerprint density at radius 2 is 1.78 bits per heavy atom. The number of nitrogens with zero attached hydrogens (tertiary/aromatic N) is 1. The monoisotopic (exact) mass is 674 g/mol. The zero-order valence-corrected chi connectivity index (χ0v) is 27.1. The number of fused-ring (bicyclic) bond motifs is 1. The first kappa shape index (κ1) is 32.7. The van der Waals surface area contributed by atoms with Crippen molar-refractivity contribution in [3.8, 4) is 5.75 Å². The summed E-state index contributed by atoms with van der Waals surface area (Å²) >= 11 is 8.91. The lowest BCUT2D eigenvalue weighted by Gasteiger charge is -2.15. The SMILES string of the molecule is CCC(Sc1cccc(NC(=O)/C(=C\c2c(F)cccc2Cl)NC(=O)c2ccccc2)c1)C(=O)Nc1nc2ccc(OC)cc2s1. The number of hydrogen-bond acceptors (Lipinski definition) is 7. The minimum absolute atomic E-state index is 0.0453. The molecular formula is C34H28ClFN4O4S2. The molecule has 0 aliphatic carbocycles. The molecule has 0 aliphatic rings. The number of aromatic nitrogens is 1. The van der Waals surface area contributed by atoms with Crippen molar-refractivity contribution in [1.29, 1.82) is 0 Å². The number of thioether (sulfide) groups is 1. The molecule has 0 saturated heterocycles. The molecular weight excluding hydrogens is 647 g/mol. The summed E-state index contributed by atoms with van der Waals surface area (Å²) in [5.74, 6) is -1.39. The number of ether oxygens (including phenoxy) is 1. The number of carbonyl (C=O) groups is 3. The van der Waals surface area contributed by atoms with E-state index in [2.05, 4.69) is 20.9 Å². The number of hydrogen-bond donors (Lipinski definition) is 3. The molecule has 46 heavy (non-hydrogen) atoms. The fourth-order valence-corrected chi connectivity index (χ4v) is 6.47. The lowest BCUT2D eigenvalue weighted by atomic mass is 10.1. The third-order valence-electron chi connectivity index (χ3n) is 6.68. The van der Waals surface area contributed by atoms with E-state index >= 15 is 0 Å². The van der Waals surface area contributed by atoms with E-state index in [9.17, 15) is 18.8 Å². The van der Waals surface area contributed by atoms with Crippen molar-refractivity contribution in [1.82, 2.24) is 10.3 Å². The summed E-state index contributed by atoms with van der Waals surface area (Å²) in [5.41, 5.74) is 1.23. The molecule has 0 spiro atoms. The second-order valence-corrected chi connectivity index (χ2v) is 12.6. The summed E-state index contributed by atoms with van der Waals surface area (Å²) in [4.78, 5) is 44.9. The molecule has 0 fully saturated rings. The van der Waals surface area contributed by atoms with Gasteiger partial charge < -0.3 is 20.7 Å². The van der Waals surface area contributed by atoms with Crippen LogP contribution in [-0.4, -0.2) is 35.1 Å². The standard InChI is InChI=1S/C34H28ClFN4O4S2/c1-3-29(33(43)40-34-39-27-16-15-22(44-2)18-30(27)46-34)45-23-12-7-11-21(17-23)37-32(42)28(19-24-25(35)13-8-14-26(24)36)38-31(41)20-9-5-4-6-10-20/h4-19,29H,3H2,1-2H3,(H,37,42)(H,38,41)(H,39,40,43)/b28-19+. The van der Waals surface area contributed by atoms with E-state index in [0.717, 1.165) is 15.1 Å². The van der Waals surface area contributed by atoms with Gasteiger partial charge in [0.15, 0.2) is 5.13 Å². The second-order valence-electron chi connectivity index (χ2n) is 9.85. The summed E-state index contributed by atoms with van der Waals surface area (Å²) in [6.45, 7) is 1.91. The smallest absolute Gasteiger partial charge is 0.272 e. The van der Waals surface area contributed by atoms with Crippen LogP contribution in [0.1, 0.15) is 29.3 Å². The zero-order valence-electron chi connectivity index (χ0n) is 24.7. The number of carbonyl (C=O) groups excluding carboxylic acids is 3. The van der Waals surface area contributed by atoms with Gasteiger partial charge in [0.05, 0.1) is 27.6 Å². The normalized spacial score (nSPS) is 12.0. The predicted octanol–water partition coefficient (Wildman–Crippen LogP) is 8.02. The summed E-state index contributed by atoms with van der Waals surface area (Å²) in [5, 5.41) is 8.37. The lowest BCUT2D eigenvalue weighted by molar-refractivity contribution is -0.116. The van der Waals surface area contributed by atoms with Crippen LogP contribution in [0.3, 0.4) is 0 Å². The van der Waals surface area contributed by atoms with Crippen LogP contribution in [0.2, 0.25) is 5.02 Å². The van der Waals surface area contributed by atoms with Crippen molar-refractivity contribution in [2.75, 3.05) is 17.7 Å². The molecule has 1 heterocycles. The fourth-order valence-electron chi connectivity index (χ4n) is 4.34. The van der Waals surface area contributed by atoms with Gasteiger partial charge in [-0.05, 0) is 73.2 Å². The quantitative estimate of drug-likeness (QED) is 0.0967. The number of halogens is 2. The predicted molar refractivity (Wildman–Crippen MR) is 183 cm³/mol. The zero-order chi connectivity index (χ0) is 32.6. The topological polar surface area (TPSA) is 109 Å². The van der Waals surface area contributed by atoms with Crippen LogP contribution < -0.4 is 20.7 Å². The molecule has 5 rings (SSSR count). The molecule has 1 unspecified atom stereocenters. The van der Waals surface area contributed by atoms with Crippen molar-refractivity contribution in [3.63, 3.8) is 0 Å². The van der Waals surface area contributed by atoms with E-state index < -0.39 is 22.9 Å². The third-order valence-corrected chi connectivity index (χ3v) is 9.30. The minimum atomic E-state index is -0.692. The van der Waals surface area contributed by atoms with E-state index in [1.165, 1.54) is 47.4 Å². The van der Waals surface area contributed by atoms with Crippen LogP contribution >= 0.6 is 34.7 Å². The van der Waals surface area contributed by atoms with Gasteiger partial charge in [0.25, 0.3) is 11.8 Å². The Kier molecular flexibility index (Phi) is 10.7. The highest BCUT2D eigenvalue weighted by atomic mass is 35.5. The number of thiazole rings is 1. The van der Waals surface area contributed by atoms with Gasteiger partial charge in [0.2, 0.25) is 5.91 Å². The molecule has 0 saturated carbocycles. The average molecular weight is 675 g/mol. The van der Waals surface area contributed by atoms with Gasteiger partial charge in [0.1, 0.15) is 17.3 Å². The van der Waals surface area contributed by atoms with Gasteiger partial charge in [0, 0.05) is 21.7 Å². The molecule has 12 heteroatoms. The van der Waals surface area contributed by atoms with Crippen LogP contribution in [0, 0.1) is 5.82 Å². The number of anilines is 2. The first-order valence-electron chi connectivity index (χ1n) is 14.1. The molecule has 8 nitrogen and oxygen atoms in total. The maximum Gasteiger partial charge on any atom is 0.272 e. The molecule has 0 bridgehead atoms. The van der Waals surface area contributed by atoms with Gasteiger partial charge >= 0.3 is 0 Å². The second kappa shape index (κ2) is 15.0. The van der Waals surface area contributed by atoms with E-state index in [1.54, 1.807) is 55.6 Å². The van der Waals surface area contributed by atoms with Gasteiger partial charge in [-0.2, -0.15) is 0 Å². The first-order chi connectivity index (χ1) is 22.2. The van der Waals surface area contributed by atoms with E-state index in [-0.39, 0.29) is 22.2 Å². The van der Waals surface area contributed by atoms with Gasteiger partial charge in [-0.3, -0.25) is 14.4 Å². The molecule has 234 valence electrons. The summed E-state index contributed by atoms with van der Waals surface area (Å²) < 4.78 is 20.8. The molecule has 3 amide bonds. The van der Waals surface area contributed by atoms with Crippen molar-refractivity contribution in [2.45, 2.75) is 23.5 Å². The fraction of sp³-hybridized carbons (Fsp3) is 0.118. The highest BCUT2D eigenvalue weighted by Crippen LogP contribution is 2.32. The molecule has 1 atom stereocenters. The summed E-state index contributed by atoms with van der Waals surface area (Å²) in [7, 11) is 1.59. The molecule has 1 aromatic heterocycles. The lowest BCUT2D eigenvalue weighted by Crippen LogP contribution is -2.30. The average Bonchev–Trinajstić information content (AvgIpc) is 3.46. The highest BCUT2D eigenvalue weighted by molar-refractivity contribution is 8.00. The maximum absolute atomic E-state index is 14.6. The Morgan fingerprint density at radius 1 is 1.00 bits per heavy atom. The van der Waals surface area contributed by atoms with E-state index in [0.29, 0.717) is 28.6 Å². The highest BCUT2D eigenvalue weighted by Gasteiger charge is 2.21. The molecule has 0 aliphatic heterocycles. The van der Waals surface area contributed by atoms with Crippen molar-refractivity contribution in [2.24, 2.45) is 0 Å². The first-order valence-corrected chi connectivity index (χ1v) is 16.2. The maximum atomic E-state index is 14.6. The van der Waals surface area contributed by atoms with Gasteiger partial charge in [-0.25, -0.2) is 9.37 Å². The van der Waals surface area contributed by atoms with Crippen LogP contribution in [0.4, 0.5) is 15.2 Å². The van der Waals surface area contributed by atoms with Crippen molar-refractivity contribution in [3.05, 3.63) is 119 Å². The number of amides is 3. The number of benzene rings is 4. The Hall–Kier alpha value is -4.71. The van der Waals surface area contributed by atoms with Crippen molar-refractivity contribution >= 4 is 79.5 Å². The van der Waals surface area contributed by atoms with Gasteiger partial charge in [-0.1, -0.05) is 60.2 Å². The largest absolute Gasteiger partial charge is 0.497 e. The molecule has 3 N–H and O–H groups in total. The van der Waals surface area contributed by atoms with E-state index in [1.807, 2.05) is 31.2 Å². The van der Waals surface area contributed by atoms with Crippen LogP contribution in [-0.2, 0) is 9.59 Å². The van der Waals surface area contributed by atoms with Crippen LogP contribution in [0.5, 0.6) is 5.75 Å². The number of nitrogens with one attached hydrogen (secondary N) is 3. The van der Waals surface area contributed by atoms with Crippen molar-refractivity contribution < 1.29 is 23.5 Å². The Morgan fingerprint density at radius 3 is 2.52 bits per heavy atom.